The van der Waals surface area contributed by atoms with Gasteiger partial charge in [-0.15, -0.1) is 10.2 Å². The highest BCUT2D eigenvalue weighted by Gasteiger charge is 2.20. The van der Waals surface area contributed by atoms with Gasteiger partial charge in [-0.2, -0.15) is 0 Å². The standard InChI is InChI=1S/C26H27N3/c1-3-4-5-6-10-16-25-27-28-26(22-12-8-7-9-13-22)29(25)24-15-11-14-21-18-17-20(2)19-23(21)24/h4-15,17-18,20H,3,16,19H2,1-2H3/b5-4-,10-6-. The highest BCUT2D eigenvalue weighted by molar-refractivity contribution is 5.66. The molecule has 3 aromatic rings. The summed E-state index contributed by atoms with van der Waals surface area (Å²) in [5.41, 5.74) is 4.93. The molecule has 29 heavy (non-hydrogen) atoms. The Bertz CT molecular complexity index is 1050. The molecule has 1 atom stereocenters. The molecule has 0 fully saturated rings. The Labute approximate surface area is 173 Å². The molecule has 146 valence electrons. The van der Waals surface area contributed by atoms with Crippen LogP contribution in [0.4, 0.5) is 0 Å². The molecule has 0 amide bonds. The SMILES string of the molecule is CC/C=C\C=C/Cc1nnc(-c2ccccc2)n1-c1cccc2c1CC(C)C=C2. The molecule has 0 radical (unpaired) electrons. The molecule has 0 bridgehead atoms. The normalized spacial score (nSPS) is 16.0. The van der Waals surface area contributed by atoms with Gasteiger partial charge in [0.25, 0.3) is 0 Å². The summed E-state index contributed by atoms with van der Waals surface area (Å²) in [5, 5.41) is 9.16. The van der Waals surface area contributed by atoms with Crippen LogP contribution in [-0.4, -0.2) is 14.8 Å². The van der Waals surface area contributed by atoms with Crippen LogP contribution < -0.4 is 0 Å². The van der Waals surface area contributed by atoms with Gasteiger partial charge in [0.05, 0.1) is 5.69 Å². The third-order valence-electron chi connectivity index (χ3n) is 5.24. The second-order valence-electron chi connectivity index (χ2n) is 7.50. The van der Waals surface area contributed by atoms with Gasteiger partial charge in [0, 0.05) is 12.0 Å². The monoisotopic (exact) mass is 381 g/mol. The zero-order chi connectivity index (χ0) is 20.1. The van der Waals surface area contributed by atoms with Gasteiger partial charge in [0.2, 0.25) is 0 Å². The molecule has 3 nitrogen and oxygen atoms in total. The van der Waals surface area contributed by atoms with Crippen LogP contribution in [0.15, 0.2) is 78.9 Å². The fourth-order valence-electron chi connectivity index (χ4n) is 3.78. The second-order valence-corrected chi connectivity index (χ2v) is 7.50. The van der Waals surface area contributed by atoms with Gasteiger partial charge in [-0.25, -0.2) is 0 Å². The summed E-state index contributed by atoms with van der Waals surface area (Å²) in [7, 11) is 0. The number of aromatic nitrogens is 3. The lowest BCUT2D eigenvalue weighted by molar-refractivity contribution is 0.711. The van der Waals surface area contributed by atoms with E-state index in [9.17, 15) is 0 Å². The van der Waals surface area contributed by atoms with Gasteiger partial charge in [-0.3, -0.25) is 4.57 Å². The lowest BCUT2D eigenvalue weighted by Gasteiger charge is -2.21. The number of allylic oxidation sites excluding steroid dienone is 5. The number of hydrogen-bond donors (Lipinski definition) is 0. The Morgan fingerprint density at radius 3 is 2.66 bits per heavy atom. The molecule has 1 aliphatic carbocycles. The molecular weight excluding hydrogens is 354 g/mol. The lowest BCUT2D eigenvalue weighted by Crippen LogP contribution is -2.11. The van der Waals surface area contributed by atoms with Crippen molar-refractivity contribution in [2.75, 3.05) is 0 Å². The minimum absolute atomic E-state index is 0.530. The van der Waals surface area contributed by atoms with Gasteiger partial charge in [0.15, 0.2) is 5.82 Å². The Morgan fingerprint density at radius 2 is 1.83 bits per heavy atom. The van der Waals surface area contributed by atoms with Crippen molar-refractivity contribution in [1.29, 1.82) is 0 Å². The second kappa shape index (κ2) is 8.87. The van der Waals surface area contributed by atoms with E-state index in [0.29, 0.717) is 5.92 Å². The summed E-state index contributed by atoms with van der Waals surface area (Å²) in [6, 6.07) is 16.9. The Morgan fingerprint density at radius 1 is 1.00 bits per heavy atom. The third-order valence-corrected chi connectivity index (χ3v) is 5.24. The fraction of sp³-hybridized carbons (Fsp3) is 0.231. The van der Waals surface area contributed by atoms with Crippen LogP contribution in [0.25, 0.3) is 23.2 Å². The van der Waals surface area contributed by atoms with E-state index in [1.165, 1.54) is 16.8 Å². The smallest absolute Gasteiger partial charge is 0.168 e. The van der Waals surface area contributed by atoms with Crippen LogP contribution in [0, 0.1) is 5.92 Å². The Kier molecular flexibility index (Phi) is 5.85. The van der Waals surface area contributed by atoms with Crippen LogP contribution in [0.1, 0.15) is 37.2 Å². The van der Waals surface area contributed by atoms with Crippen molar-refractivity contribution in [2.24, 2.45) is 5.92 Å². The predicted molar refractivity (Wildman–Crippen MR) is 121 cm³/mol. The van der Waals surface area contributed by atoms with E-state index < -0.39 is 0 Å². The maximum atomic E-state index is 4.59. The number of nitrogens with zero attached hydrogens (tertiary/aromatic N) is 3. The van der Waals surface area contributed by atoms with Crippen LogP contribution in [0.2, 0.25) is 0 Å². The van der Waals surface area contributed by atoms with Crippen molar-refractivity contribution in [2.45, 2.75) is 33.1 Å². The van der Waals surface area contributed by atoms with E-state index in [-0.39, 0.29) is 0 Å². The van der Waals surface area contributed by atoms with Crippen LogP contribution >= 0.6 is 0 Å². The van der Waals surface area contributed by atoms with E-state index in [1.54, 1.807) is 0 Å². The summed E-state index contributed by atoms with van der Waals surface area (Å²) in [6.07, 6.45) is 15.8. The highest BCUT2D eigenvalue weighted by atomic mass is 15.3. The summed E-state index contributed by atoms with van der Waals surface area (Å²) >= 11 is 0. The van der Waals surface area contributed by atoms with Crippen molar-refractivity contribution in [3.05, 3.63) is 95.9 Å². The van der Waals surface area contributed by atoms with E-state index >= 15 is 0 Å². The van der Waals surface area contributed by atoms with Gasteiger partial charge in [0.1, 0.15) is 5.82 Å². The van der Waals surface area contributed by atoms with Gasteiger partial charge in [-0.05, 0) is 36.0 Å². The Hall–Kier alpha value is -3.20. The van der Waals surface area contributed by atoms with Crippen molar-refractivity contribution >= 4 is 6.08 Å². The number of fused-ring (bicyclic) bond motifs is 1. The zero-order valence-corrected chi connectivity index (χ0v) is 17.1. The largest absolute Gasteiger partial charge is 0.278 e. The molecule has 2 aromatic carbocycles. The molecule has 0 saturated heterocycles. The molecule has 0 saturated carbocycles. The molecule has 1 heterocycles. The number of rotatable bonds is 6. The predicted octanol–water partition coefficient (Wildman–Crippen LogP) is 6.20. The molecule has 0 spiro atoms. The van der Waals surface area contributed by atoms with E-state index in [2.05, 4.69) is 108 Å². The topological polar surface area (TPSA) is 30.7 Å². The van der Waals surface area contributed by atoms with E-state index in [1.807, 2.05) is 6.07 Å². The first-order valence-corrected chi connectivity index (χ1v) is 10.4. The van der Waals surface area contributed by atoms with Crippen LogP contribution in [0.5, 0.6) is 0 Å². The molecule has 1 aromatic heterocycles. The van der Waals surface area contributed by atoms with Crippen molar-refractivity contribution < 1.29 is 0 Å². The van der Waals surface area contributed by atoms with Gasteiger partial charge in [-0.1, -0.05) is 92.8 Å². The van der Waals surface area contributed by atoms with Crippen LogP contribution in [0.3, 0.4) is 0 Å². The maximum absolute atomic E-state index is 4.59. The maximum Gasteiger partial charge on any atom is 0.168 e. The lowest BCUT2D eigenvalue weighted by atomic mass is 9.89. The van der Waals surface area contributed by atoms with Crippen molar-refractivity contribution in [1.82, 2.24) is 14.8 Å². The summed E-state index contributed by atoms with van der Waals surface area (Å²) in [6.45, 7) is 4.41. The van der Waals surface area contributed by atoms with Gasteiger partial charge < -0.3 is 0 Å². The molecule has 0 N–H and O–H groups in total. The first-order chi connectivity index (χ1) is 14.3. The molecule has 1 unspecified atom stereocenters. The van der Waals surface area contributed by atoms with Crippen molar-refractivity contribution in [3.8, 4) is 17.1 Å². The quantitative estimate of drug-likeness (QED) is 0.476. The average Bonchev–Trinajstić information content (AvgIpc) is 3.17. The third kappa shape index (κ3) is 4.14. The molecule has 3 heteroatoms. The molecular formula is C26H27N3. The summed E-state index contributed by atoms with van der Waals surface area (Å²) < 4.78 is 2.24. The van der Waals surface area contributed by atoms with E-state index in [0.717, 1.165) is 36.5 Å². The molecule has 0 aliphatic heterocycles. The molecule has 1 aliphatic rings. The first-order valence-electron chi connectivity index (χ1n) is 10.4. The number of hydrogen-bond acceptors (Lipinski definition) is 2. The van der Waals surface area contributed by atoms with Crippen molar-refractivity contribution in [3.63, 3.8) is 0 Å². The first kappa shape index (κ1) is 19.1. The average molecular weight is 382 g/mol. The summed E-state index contributed by atoms with van der Waals surface area (Å²) in [5.74, 6) is 2.39. The minimum atomic E-state index is 0.530. The fourth-order valence-corrected chi connectivity index (χ4v) is 3.78. The van der Waals surface area contributed by atoms with E-state index in [4.69, 9.17) is 0 Å². The highest BCUT2D eigenvalue weighted by Crippen LogP contribution is 2.31. The molecule has 4 rings (SSSR count). The van der Waals surface area contributed by atoms with Gasteiger partial charge >= 0.3 is 0 Å². The Balaban J connectivity index is 1.83. The minimum Gasteiger partial charge on any atom is -0.278 e. The number of benzene rings is 2. The zero-order valence-electron chi connectivity index (χ0n) is 17.1. The van der Waals surface area contributed by atoms with Crippen LogP contribution in [-0.2, 0) is 12.8 Å². The summed E-state index contributed by atoms with van der Waals surface area (Å²) in [4.78, 5) is 0.